The molecule has 2 aromatic carbocycles. The molecule has 6 nitrogen and oxygen atoms in total. The van der Waals surface area contributed by atoms with Crippen LogP contribution in [0.1, 0.15) is 22.3 Å². The number of carboxylic acids is 1. The average molecular weight is 365 g/mol. The summed E-state index contributed by atoms with van der Waals surface area (Å²) in [5.74, 6) is -3.47. The molecule has 0 spiro atoms. The van der Waals surface area contributed by atoms with Gasteiger partial charge in [-0.3, -0.25) is 4.79 Å². The largest absolute Gasteiger partial charge is 0.507 e. The lowest BCUT2D eigenvalue weighted by molar-refractivity contribution is -0.146. The number of phenolic OH excluding ortho intramolecular Hbond substituents is 1. The van der Waals surface area contributed by atoms with Gasteiger partial charge in [0.05, 0.1) is 10.9 Å². The Morgan fingerprint density at radius 1 is 1.04 bits per heavy atom. The Morgan fingerprint density at radius 3 is 2.30 bits per heavy atom. The summed E-state index contributed by atoms with van der Waals surface area (Å²) in [5, 5.41) is 29.7. The highest BCUT2D eigenvalue weighted by Crippen LogP contribution is 2.34. The summed E-state index contributed by atoms with van der Waals surface area (Å²) in [6.07, 6.45) is 2.25. The number of aromatic nitrogens is 1. The van der Waals surface area contributed by atoms with Crippen molar-refractivity contribution in [2.75, 3.05) is 0 Å². The summed E-state index contributed by atoms with van der Waals surface area (Å²) in [6, 6.07) is 10.9. The summed E-state index contributed by atoms with van der Waals surface area (Å²) in [6.45, 7) is 4.52. The number of carbonyl (C=O) groups is 2. The first kappa shape index (κ1) is 18.3. The molecule has 3 N–H and O–H groups in total. The molecule has 1 heterocycles. The maximum Gasteiger partial charge on any atom is 0.376 e. The summed E-state index contributed by atoms with van der Waals surface area (Å²) in [7, 11) is 0. The maximum atomic E-state index is 11.4. The first-order valence-electron chi connectivity index (χ1n) is 8.33. The van der Waals surface area contributed by atoms with Gasteiger partial charge >= 0.3 is 5.97 Å². The van der Waals surface area contributed by atoms with E-state index in [-0.39, 0.29) is 11.3 Å². The molecule has 0 unspecified atom stereocenters. The molecule has 6 heteroatoms. The molecule has 0 radical (unpaired) electrons. The van der Waals surface area contributed by atoms with Crippen molar-refractivity contribution in [1.82, 2.24) is 4.57 Å². The van der Waals surface area contributed by atoms with Gasteiger partial charge in [0.2, 0.25) is 0 Å². The number of nitrogens with zero attached hydrogens (tertiary/aromatic N) is 1. The number of aryl methyl sites for hydroxylation is 2. The molecule has 0 aliphatic carbocycles. The van der Waals surface area contributed by atoms with Crippen molar-refractivity contribution in [3.63, 3.8) is 0 Å². The molecule has 0 fully saturated rings. The molecule has 0 saturated carbocycles. The zero-order valence-electron chi connectivity index (χ0n) is 14.9. The van der Waals surface area contributed by atoms with E-state index in [9.17, 15) is 19.8 Å². The second-order valence-corrected chi connectivity index (χ2v) is 6.41. The van der Waals surface area contributed by atoms with E-state index < -0.39 is 17.5 Å². The molecule has 0 atom stereocenters. The highest BCUT2D eigenvalue weighted by Gasteiger charge is 2.18. The molecule has 1 aromatic heterocycles. The molecular formula is C21H19NO5. The molecule has 3 rings (SSSR count). The number of hydrogen-bond acceptors (Lipinski definition) is 4. The normalized spacial score (nSPS) is 11.7. The van der Waals surface area contributed by atoms with Crippen molar-refractivity contribution < 1.29 is 24.9 Å². The minimum absolute atomic E-state index is 0.0644. The average Bonchev–Trinajstić information content (AvgIpc) is 2.98. The van der Waals surface area contributed by atoms with Crippen LogP contribution in [0.5, 0.6) is 5.75 Å². The zero-order chi connectivity index (χ0) is 19.7. The van der Waals surface area contributed by atoms with Gasteiger partial charge in [0.1, 0.15) is 11.5 Å². The minimum Gasteiger partial charge on any atom is -0.507 e. The smallest absolute Gasteiger partial charge is 0.376 e. The Bertz CT molecular complexity index is 1070. The Balaban J connectivity index is 2.17. The number of aliphatic hydroxyl groups excluding tert-OH is 1. The van der Waals surface area contributed by atoms with Crippen LogP contribution in [0.15, 0.2) is 48.7 Å². The maximum absolute atomic E-state index is 11.4. The van der Waals surface area contributed by atoms with Crippen LogP contribution in [0.4, 0.5) is 0 Å². The van der Waals surface area contributed by atoms with Crippen LogP contribution in [-0.2, 0) is 16.1 Å². The third kappa shape index (κ3) is 3.42. The first-order valence-corrected chi connectivity index (χ1v) is 8.33. The van der Waals surface area contributed by atoms with Gasteiger partial charge in [-0.25, -0.2) is 4.79 Å². The van der Waals surface area contributed by atoms with E-state index in [1.165, 1.54) is 6.07 Å². The van der Waals surface area contributed by atoms with Gasteiger partial charge in [-0.05, 0) is 42.7 Å². The van der Waals surface area contributed by atoms with Crippen LogP contribution in [0, 0.1) is 13.8 Å². The van der Waals surface area contributed by atoms with Crippen molar-refractivity contribution in [3.05, 3.63) is 70.9 Å². The zero-order valence-corrected chi connectivity index (χ0v) is 14.9. The fourth-order valence-electron chi connectivity index (χ4n) is 3.19. The number of carboxylic acid groups (broad SMARTS) is 1. The number of aromatic hydroxyl groups is 1. The summed E-state index contributed by atoms with van der Waals surface area (Å²) >= 11 is 0. The number of aliphatic hydroxyl groups is 1. The van der Waals surface area contributed by atoms with E-state index in [0.29, 0.717) is 23.5 Å². The van der Waals surface area contributed by atoms with Gasteiger partial charge in [-0.15, -0.1) is 0 Å². The second kappa shape index (κ2) is 6.99. The van der Waals surface area contributed by atoms with Gasteiger partial charge in [0, 0.05) is 24.4 Å². The third-order valence-corrected chi connectivity index (χ3v) is 4.61. The van der Waals surface area contributed by atoms with Crippen LogP contribution < -0.4 is 0 Å². The van der Waals surface area contributed by atoms with E-state index >= 15 is 0 Å². The van der Waals surface area contributed by atoms with Crippen molar-refractivity contribution in [1.29, 1.82) is 0 Å². The van der Waals surface area contributed by atoms with Crippen LogP contribution in [0.3, 0.4) is 0 Å². The quantitative estimate of drug-likeness (QED) is 0.365. The van der Waals surface area contributed by atoms with Crippen molar-refractivity contribution in [3.8, 4) is 5.75 Å². The van der Waals surface area contributed by atoms with Crippen LogP contribution >= 0.6 is 0 Å². The van der Waals surface area contributed by atoms with Crippen molar-refractivity contribution in [2.24, 2.45) is 0 Å². The van der Waals surface area contributed by atoms with Gasteiger partial charge < -0.3 is 19.9 Å². The molecule has 0 aliphatic heterocycles. The van der Waals surface area contributed by atoms with Crippen LogP contribution in [-0.4, -0.2) is 31.6 Å². The topological polar surface area (TPSA) is 99.8 Å². The molecule has 0 saturated heterocycles. The lowest BCUT2D eigenvalue weighted by Gasteiger charge is -2.12. The van der Waals surface area contributed by atoms with Crippen molar-refractivity contribution >= 4 is 28.4 Å². The number of phenols is 1. The van der Waals surface area contributed by atoms with E-state index in [2.05, 4.69) is 0 Å². The molecule has 3 aromatic rings. The monoisotopic (exact) mass is 365 g/mol. The van der Waals surface area contributed by atoms with E-state index in [1.54, 1.807) is 18.3 Å². The van der Waals surface area contributed by atoms with Crippen LogP contribution in [0.2, 0.25) is 0 Å². The fourth-order valence-corrected chi connectivity index (χ4v) is 3.19. The van der Waals surface area contributed by atoms with E-state index in [1.807, 2.05) is 36.6 Å². The standard InChI is InChI=1S/C21H19NO5/c1-12-5-3-6-13(2)14(12)10-22-11-15(18(24)9-19(25)21(26)27)20-16(22)7-4-8-17(20)23/h3-9,11,23-24H,10H2,1-2H3,(H,26,27)/b18-9-. The van der Waals surface area contributed by atoms with E-state index in [4.69, 9.17) is 5.11 Å². The number of carbonyl (C=O) groups excluding carboxylic acids is 1. The summed E-state index contributed by atoms with van der Waals surface area (Å²) in [5.41, 5.74) is 4.19. The second-order valence-electron chi connectivity index (χ2n) is 6.41. The van der Waals surface area contributed by atoms with Gasteiger partial charge in [-0.2, -0.15) is 0 Å². The number of ketones is 1. The Morgan fingerprint density at radius 2 is 1.67 bits per heavy atom. The van der Waals surface area contributed by atoms with Gasteiger partial charge in [0.25, 0.3) is 5.78 Å². The van der Waals surface area contributed by atoms with Gasteiger partial charge in [-0.1, -0.05) is 24.3 Å². The number of fused-ring (bicyclic) bond motifs is 1. The predicted molar refractivity (Wildman–Crippen MR) is 102 cm³/mol. The summed E-state index contributed by atoms with van der Waals surface area (Å²) < 4.78 is 1.86. The van der Waals surface area contributed by atoms with Gasteiger partial charge in [0.15, 0.2) is 0 Å². The third-order valence-electron chi connectivity index (χ3n) is 4.61. The fraction of sp³-hybridized carbons (Fsp3) is 0.143. The molecule has 27 heavy (non-hydrogen) atoms. The number of rotatable bonds is 5. The lowest BCUT2D eigenvalue weighted by atomic mass is 10.0. The van der Waals surface area contributed by atoms with Crippen molar-refractivity contribution in [2.45, 2.75) is 20.4 Å². The molecule has 138 valence electrons. The molecule has 0 bridgehead atoms. The first-order chi connectivity index (χ1) is 12.8. The number of benzene rings is 2. The highest BCUT2D eigenvalue weighted by molar-refractivity contribution is 6.38. The predicted octanol–water partition coefficient (Wildman–Crippen LogP) is 3.56. The minimum atomic E-state index is -1.66. The Labute approximate surface area is 155 Å². The Hall–Kier alpha value is -3.54. The molecular weight excluding hydrogens is 346 g/mol. The molecule has 0 aliphatic rings. The number of hydrogen-bond donors (Lipinski definition) is 3. The molecule has 0 amide bonds. The highest BCUT2D eigenvalue weighted by atomic mass is 16.4. The lowest BCUT2D eigenvalue weighted by Crippen LogP contribution is -2.09. The SMILES string of the molecule is Cc1cccc(C)c1Cn1cc(/C(O)=C/C(=O)C(=O)O)c2c(O)cccc21. The summed E-state index contributed by atoms with van der Waals surface area (Å²) in [4.78, 5) is 22.2. The van der Waals surface area contributed by atoms with Crippen LogP contribution in [0.25, 0.3) is 16.7 Å². The number of aliphatic carboxylic acids is 1. The van der Waals surface area contributed by atoms with E-state index in [0.717, 1.165) is 16.7 Å². The Kier molecular flexibility index (Phi) is 4.73.